The fourth-order valence-electron chi connectivity index (χ4n) is 3.26. The van der Waals surface area contributed by atoms with E-state index in [1.807, 2.05) is 6.08 Å². The van der Waals surface area contributed by atoms with Gasteiger partial charge in [-0.1, -0.05) is 30.1 Å². The standard InChI is InChI=1S/C22H20FNOS/c1-15-12-19(9-11-22(15)26-14-24)17-5-2-16(3-6-17)4-7-18-8-10-20(25)13-21(18)23/h2,5,12-13,25H,3,6,8-11H2,1H3. The highest BCUT2D eigenvalue weighted by Gasteiger charge is 2.16. The molecule has 3 rings (SSSR count). The van der Waals surface area contributed by atoms with Crippen LogP contribution >= 0.6 is 11.8 Å². The number of halogens is 1. The molecule has 132 valence electrons. The van der Waals surface area contributed by atoms with Crippen LogP contribution in [0.2, 0.25) is 0 Å². The van der Waals surface area contributed by atoms with E-state index in [0.29, 0.717) is 18.4 Å². The molecule has 0 fully saturated rings. The molecule has 0 spiro atoms. The molecular weight excluding hydrogens is 345 g/mol. The van der Waals surface area contributed by atoms with Crippen molar-refractivity contribution in [3.05, 3.63) is 68.7 Å². The zero-order valence-corrected chi connectivity index (χ0v) is 15.5. The molecule has 0 unspecified atom stereocenters. The van der Waals surface area contributed by atoms with Gasteiger partial charge in [-0.3, -0.25) is 0 Å². The van der Waals surface area contributed by atoms with E-state index in [2.05, 4.69) is 36.3 Å². The van der Waals surface area contributed by atoms with Gasteiger partial charge in [0.1, 0.15) is 11.2 Å². The molecule has 0 aromatic heterocycles. The largest absolute Gasteiger partial charge is 0.512 e. The van der Waals surface area contributed by atoms with Gasteiger partial charge in [0.2, 0.25) is 0 Å². The van der Waals surface area contributed by atoms with Crippen LogP contribution in [-0.4, -0.2) is 5.11 Å². The van der Waals surface area contributed by atoms with E-state index in [-0.39, 0.29) is 5.76 Å². The minimum absolute atomic E-state index is 0.0823. The first-order chi connectivity index (χ1) is 12.6. The van der Waals surface area contributed by atoms with Crippen molar-refractivity contribution in [3.63, 3.8) is 0 Å². The molecule has 0 amide bonds. The van der Waals surface area contributed by atoms with Crippen LogP contribution in [0.1, 0.15) is 45.4 Å². The van der Waals surface area contributed by atoms with Gasteiger partial charge in [0.25, 0.3) is 0 Å². The Kier molecular flexibility index (Phi) is 5.86. The van der Waals surface area contributed by atoms with Crippen LogP contribution < -0.4 is 0 Å². The number of aliphatic hydroxyl groups excluding tert-OH is 1. The summed E-state index contributed by atoms with van der Waals surface area (Å²) in [6.07, 6.45) is 12.1. The lowest BCUT2D eigenvalue weighted by molar-refractivity contribution is 0.380. The van der Waals surface area contributed by atoms with Gasteiger partial charge >= 0.3 is 0 Å². The predicted octanol–water partition coefficient (Wildman–Crippen LogP) is 6.30. The second kappa shape index (κ2) is 8.30. The smallest absolute Gasteiger partial charge is 0.138 e. The third-order valence-corrected chi connectivity index (χ3v) is 5.63. The third-order valence-electron chi connectivity index (χ3n) is 4.77. The van der Waals surface area contributed by atoms with E-state index in [1.165, 1.54) is 28.5 Å². The van der Waals surface area contributed by atoms with Crippen molar-refractivity contribution in [2.24, 2.45) is 0 Å². The molecule has 4 heteroatoms. The third kappa shape index (κ3) is 4.40. The quantitative estimate of drug-likeness (QED) is 0.461. The lowest BCUT2D eigenvalue weighted by Gasteiger charge is -2.20. The highest BCUT2D eigenvalue weighted by atomic mass is 32.2. The zero-order valence-electron chi connectivity index (χ0n) is 14.7. The molecule has 0 aromatic carbocycles. The number of hydrogen-bond donors (Lipinski definition) is 1. The van der Waals surface area contributed by atoms with E-state index in [1.54, 1.807) is 0 Å². The van der Waals surface area contributed by atoms with Crippen molar-refractivity contribution in [2.45, 2.75) is 45.4 Å². The van der Waals surface area contributed by atoms with Crippen molar-refractivity contribution < 1.29 is 9.50 Å². The molecule has 3 aliphatic carbocycles. The van der Waals surface area contributed by atoms with E-state index >= 15 is 0 Å². The van der Waals surface area contributed by atoms with Gasteiger partial charge in [0.15, 0.2) is 0 Å². The second-order valence-electron chi connectivity index (χ2n) is 6.57. The van der Waals surface area contributed by atoms with E-state index < -0.39 is 5.83 Å². The highest BCUT2D eigenvalue weighted by Crippen LogP contribution is 2.36. The average molecular weight is 365 g/mol. The molecule has 0 radical (unpaired) electrons. The molecule has 0 aromatic rings. The average Bonchev–Trinajstić information content (AvgIpc) is 2.63. The molecule has 3 aliphatic rings. The summed E-state index contributed by atoms with van der Waals surface area (Å²) in [5.74, 6) is 5.67. The summed E-state index contributed by atoms with van der Waals surface area (Å²) in [5, 5.41) is 20.3. The van der Waals surface area contributed by atoms with Gasteiger partial charge in [-0.05, 0) is 67.5 Å². The summed E-state index contributed by atoms with van der Waals surface area (Å²) in [7, 11) is 0. The van der Waals surface area contributed by atoms with Gasteiger partial charge in [-0.25, -0.2) is 4.39 Å². The molecule has 0 aliphatic heterocycles. The Morgan fingerprint density at radius 2 is 1.81 bits per heavy atom. The number of thiocyanates is 1. The van der Waals surface area contributed by atoms with Crippen LogP contribution in [0.5, 0.6) is 0 Å². The molecule has 0 saturated carbocycles. The lowest BCUT2D eigenvalue weighted by Crippen LogP contribution is -2.01. The molecule has 0 saturated heterocycles. The monoisotopic (exact) mass is 365 g/mol. The van der Waals surface area contributed by atoms with Gasteiger partial charge in [-0.15, -0.1) is 0 Å². The Labute approximate surface area is 158 Å². The summed E-state index contributed by atoms with van der Waals surface area (Å²) in [4.78, 5) is 1.16. The molecule has 0 heterocycles. The van der Waals surface area contributed by atoms with Crippen LogP contribution in [-0.2, 0) is 0 Å². The number of rotatable bonds is 2. The van der Waals surface area contributed by atoms with Crippen LogP contribution in [0.3, 0.4) is 0 Å². The Bertz CT molecular complexity index is 910. The Hall–Kier alpha value is -2.43. The fraction of sp³-hybridized carbons (Fsp3) is 0.318. The van der Waals surface area contributed by atoms with Crippen molar-refractivity contribution in [1.29, 1.82) is 5.26 Å². The molecule has 26 heavy (non-hydrogen) atoms. The summed E-state index contributed by atoms with van der Waals surface area (Å²) >= 11 is 1.27. The number of nitrogens with zero attached hydrogens (tertiary/aromatic N) is 1. The molecule has 0 atom stereocenters. The van der Waals surface area contributed by atoms with Crippen LogP contribution in [0.4, 0.5) is 4.39 Å². The Balaban J connectivity index is 1.74. The predicted molar refractivity (Wildman–Crippen MR) is 104 cm³/mol. The van der Waals surface area contributed by atoms with Crippen molar-refractivity contribution >= 4 is 11.8 Å². The van der Waals surface area contributed by atoms with Crippen molar-refractivity contribution in [1.82, 2.24) is 0 Å². The molecule has 2 nitrogen and oxygen atoms in total. The first-order valence-electron chi connectivity index (χ1n) is 8.73. The van der Waals surface area contributed by atoms with Crippen molar-refractivity contribution in [3.8, 4) is 17.2 Å². The van der Waals surface area contributed by atoms with Crippen LogP contribution in [0.25, 0.3) is 0 Å². The van der Waals surface area contributed by atoms with Crippen molar-refractivity contribution in [2.75, 3.05) is 0 Å². The van der Waals surface area contributed by atoms with Gasteiger partial charge < -0.3 is 5.11 Å². The minimum atomic E-state index is -0.422. The number of thioether (sulfide) groups is 1. The maximum atomic E-state index is 13.8. The van der Waals surface area contributed by atoms with E-state index in [9.17, 15) is 9.50 Å². The fourth-order valence-corrected chi connectivity index (χ4v) is 3.80. The number of aliphatic hydroxyl groups is 1. The Morgan fingerprint density at radius 3 is 2.46 bits per heavy atom. The first-order valence-corrected chi connectivity index (χ1v) is 9.55. The number of nitriles is 1. The number of allylic oxidation sites excluding steroid dienone is 12. The summed E-state index contributed by atoms with van der Waals surface area (Å²) in [6, 6.07) is 0. The summed E-state index contributed by atoms with van der Waals surface area (Å²) < 4.78 is 13.8. The van der Waals surface area contributed by atoms with Gasteiger partial charge in [-0.2, -0.15) is 5.26 Å². The SMILES string of the molecule is CC1=C(SC#N)CCC(C2=CC=C(C#CC3=C(F)C=C(O)CC3)CC2)=C1. The zero-order chi connectivity index (χ0) is 18.5. The molecule has 0 bridgehead atoms. The van der Waals surface area contributed by atoms with Gasteiger partial charge in [0, 0.05) is 28.5 Å². The Morgan fingerprint density at radius 1 is 1.00 bits per heavy atom. The normalized spacial score (nSPS) is 20.3. The highest BCUT2D eigenvalue weighted by molar-refractivity contribution is 8.07. The summed E-state index contributed by atoms with van der Waals surface area (Å²) in [5.41, 5.74) is 5.33. The topological polar surface area (TPSA) is 44.0 Å². The van der Waals surface area contributed by atoms with Crippen LogP contribution in [0, 0.1) is 22.5 Å². The lowest BCUT2D eigenvalue weighted by atomic mass is 9.87. The second-order valence-corrected chi connectivity index (χ2v) is 7.44. The van der Waals surface area contributed by atoms with E-state index in [4.69, 9.17) is 5.26 Å². The number of hydrogen-bond acceptors (Lipinski definition) is 3. The summed E-state index contributed by atoms with van der Waals surface area (Å²) in [6.45, 7) is 2.06. The maximum absolute atomic E-state index is 13.8. The van der Waals surface area contributed by atoms with Gasteiger partial charge in [0.05, 0.1) is 5.76 Å². The molecular formula is C22H20FNOS. The van der Waals surface area contributed by atoms with Crippen LogP contribution in [0.15, 0.2) is 68.7 Å². The minimum Gasteiger partial charge on any atom is -0.512 e. The first kappa shape index (κ1) is 18.4. The molecule has 1 N–H and O–H groups in total. The van der Waals surface area contributed by atoms with E-state index in [0.717, 1.165) is 42.2 Å². The maximum Gasteiger partial charge on any atom is 0.138 e.